The molecule has 0 amide bonds. The first-order valence-corrected chi connectivity index (χ1v) is 11.8. The van der Waals surface area contributed by atoms with Crippen LogP contribution in [0.15, 0.2) is 128 Å². The highest BCUT2D eigenvalue weighted by atomic mass is 16.7. The lowest BCUT2D eigenvalue weighted by atomic mass is 9.77. The van der Waals surface area contributed by atoms with E-state index >= 15 is 0 Å². The second-order valence-corrected chi connectivity index (χ2v) is 8.61. The number of carbonyl (C=O) groups is 1. The van der Waals surface area contributed by atoms with Crippen molar-refractivity contribution in [3.05, 3.63) is 145 Å². The molecule has 0 aliphatic rings. The summed E-state index contributed by atoms with van der Waals surface area (Å²) in [6.45, 7) is 0. The standard InChI is InChI=1S/C30H22N4O3/c35-29(36)37-28-20-33-18-22(16-17-27(33)32-28)26-19-34(21-31-26)30(23-10-4-1-5-11-23,24-12-6-2-7-13-24)25-14-8-3-9-15-25/h1-21H,(H,35,36). The minimum absolute atomic E-state index is 0.0198. The number of nitrogens with zero attached hydrogens (tertiary/aromatic N) is 4. The first kappa shape index (κ1) is 22.3. The van der Waals surface area contributed by atoms with E-state index in [1.807, 2.05) is 49.1 Å². The highest BCUT2D eigenvalue weighted by Gasteiger charge is 2.38. The van der Waals surface area contributed by atoms with E-state index in [1.165, 1.54) is 6.20 Å². The Labute approximate surface area is 212 Å². The number of imidazole rings is 2. The predicted octanol–water partition coefficient (Wildman–Crippen LogP) is 6.09. The Balaban J connectivity index is 1.53. The van der Waals surface area contributed by atoms with Crippen LogP contribution in [0.2, 0.25) is 0 Å². The highest BCUT2D eigenvalue weighted by Crippen LogP contribution is 2.41. The number of pyridine rings is 1. The molecule has 7 nitrogen and oxygen atoms in total. The molecule has 0 atom stereocenters. The average molecular weight is 487 g/mol. The molecule has 3 heterocycles. The fraction of sp³-hybridized carbons (Fsp3) is 0.0333. The molecule has 0 bridgehead atoms. The van der Waals surface area contributed by atoms with Gasteiger partial charge in [0, 0.05) is 18.0 Å². The minimum atomic E-state index is -1.40. The van der Waals surface area contributed by atoms with Crippen molar-refractivity contribution in [3.8, 4) is 17.1 Å². The Morgan fingerprint density at radius 1 is 0.730 bits per heavy atom. The lowest BCUT2D eigenvalue weighted by molar-refractivity contribution is 0.143. The van der Waals surface area contributed by atoms with Crippen LogP contribution in [0.3, 0.4) is 0 Å². The van der Waals surface area contributed by atoms with Gasteiger partial charge in [-0.15, -0.1) is 0 Å². The van der Waals surface area contributed by atoms with E-state index in [0.29, 0.717) is 5.65 Å². The normalized spacial score (nSPS) is 11.5. The topological polar surface area (TPSA) is 81.6 Å². The lowest BCUT2D eigenvalue weighted by Gasteiger charge is -2.37. The van der Waals surface area contributed by atoms with Crippen LogP contribution in [0, 0.1) is 0 Å². The number of hydrogen-bond donors (Lipinski definition) is 1. The average Bonchev–Trinajstić information content (AvgIpc) is 3.58. The minimum Gasteiger partial charge on any atom is -0.449 e. The monoisotopic (exact) mass is 486 g/mol. The zero-order chi connectivity index (χ0) is 25.2. The van der Waals surface area contributed by atoms with Gasteiger partial charge in [0.15, 0.2) is 0 Å². The molecule has 0 radical (unpaired) electrons. The van der Waals surface area contributed by atoms with Gasteiger partial charge in [-0.25, -0.2) is 9.78 Å². The van der Waals surface area contributed by atoms with Gasteiger partial charge in [-0.3, -0.25) is 0 Å². The van der Waals surface area contributed by atoms with Crippen molar-refractivity contribution < 1.29 is 14.6 Å². The quantitative estimate of drug-likeness (QED) is 0.227. The summed E-state index contributed by atoms with van der Waals surface area (Å²) in [6.07, 6.45) is 5.89. The number of fused-ring (bicyclic) bond motifs is 1. The molecule has 0 aliphatic heterocycles. The Morgan fingerprint density at radius 3 is 1.84 bits per heavy atom. The predicted molar refractivity (Wildman–Crippen MR) is 140 cm³/mol. The second-order valence-electron chi connectivity index (χ2n) is 8.61. The van der Waals surface area contributed by atoms with E-state index in [2.05, 4.69) is 82.3 Å². The van der Waals surface area contributed by atoms with Gasteiger partial charge in [0.1, 0.15) is 11.2 Å². The summed E-state index contributed by atoms with van der Waals surface area (Å²) in [5.74, 6) is 0.0198. The summed E-state index contributed by atoms with van der Waals surface area (Å²) in [7, 11) is 0. The smallest absolute Gasteiger partial charge is 0.449 e. The second kappa shape index (κ2) is 9.13. The molecule has 6 aromatic rings. The van der Waals surface area contributed by atoms with Crippen LogP contribution in [-0.2, 0) is 5.54 Å². The highest BCUT2D eigenvalue weighted by molar-refractivity contribution is 5.63. The Hall–Kier alpha value is -5.17. The molecule has 3 aromatic heterocycles. The number of aromatic nitrogens is 4. The van der Waals surface area contributed by atoms with Crippen molar-refractivity contribution in [3.63, 3.8) is 0 Å². The summed E-state index contributed by atoms with van der Waals surface area (Å²) in [4.78, 5) is 19.9. The zero-order valence-corrected chi connectivity index (χ0v) is 19.7. The molecule has 6 rings (SSSR count). The first-order chi connectivity index (χ1) is 18.1. The maximum Gasteiger partial charge on any atom is 0.512 e. The van der Waals surface area contributed by atoms with E-state index in [1.54, 1.807) is 4.40 Å². The van der Waals surface area contributed by atoms with Crippen LogP contribution in [0.1, 0.15) is 16.7 Å². The van der Waals surface area contributed by atoms with E-state index in [0.717, 1.165) is 27.9 Å². The van der Waals surface area contributed by atoms with E-state index in [9.17, 15) is 4.79 Å². The van der Waals surface area contributed by atoms with Crippen molar-refractivity contribution in [2.75, 3.05) is 0 Å². The molecule has 7 heteroatoms. The molecular weight excluding hydrogens is 464 g/mol. The third-order valence-corrected chi connectivity index (χ3v) is 6.46. The summed E-state index contributed by atoms with van der Waals surface area (Å²) in [5.41, 5.74) is 4.87. The number of carboxylic acid groups (broad SMARTS) is 1. The van der Waals surface area contributed by atoms with E-state index in [4.69, 9.17) is 14.8 Å². The Bertz CT molecular complexity index is 1580. The van der Waals surface area contributed by atoms with Gasteiger partial charge in [0.05, 0.1) is 18.2 Å². The van der Waals surface area contributed by atoms with Gasteiger partial charge in [-0.1, -0.05) is 91.0 Å². The summed E-state index contributed by atoms with van der Waals surface area (Å²) in [5, 5.41) is 8.90. The van der Waals surface area contributed by atoms with Crippen LogP contribution in [-0.4, -0.2) is 30.2 Å². The third kappa shape index (κ3) is 3.92. The molecule has 0 aliphatic carbocycles. The third-order valence-electron chi connectivity index (χ3n) is 6.46. The Kier molecular flexibility index (Phi) is 5.50. The number of benzene rings is 3. The van der Waals surface area contributed by atoms with Crippen LogP contribution in [0.25, 0.3) is 16.9 Å². The van der Waals surface area contributed by atoms with Crippen LogP contribution >= 0.6 is 0 Å². The van der Waals surface area contributed by atoms with Crippen molar-refractivity contribution in [2.24, 2.45) is 0 Å². The van der Waals surface area contributed by atoms with Gasteiger partial charge >= 0.3 is 6.16 Å². The fourth-order valence-corrected chi connectivity index (χ4v) is 4.90. The summed E-state index contributed by atoms with van der Waals surface area (Å²) in [6, 6.07) is 34.9. The summed E-state index contributed by atoms with van der Waals surface area (Å²) < 4.78 is 8.59. The molecule has 0 saturated carbocycles. The maximum absolute atomic E-state index is 10.9. The molecule has 0 unspecified atom stereocenters. The molecule has 37 heavy (non-hydrogen) atoms. The first-order valence-electron chi connectivity index (χ1n) is 11.8. The zero-order valence-electron chi connectivity index (χ0n) is 19.7. The largest absolute Gasteiger partial charge is 0.512 e. The molecule has 0 spiro atoms. The van der Waals surface area contributed by atoms with Crippen LogP contribution < -0.4 is 4.74 Å². The van der Waals surface area contributed by atoms with Gasteiger partial charge < -0.3 is 18.8 Å². The molecule has 1 N–H and O–H groups in total. The number of hydrogen-bond acceptors (Lipinski definition) is 4. The van der Waals surface area contributed by atoms with Crippen molar-refractivity contribution in [2.45, 2.75) is 5.54 Å². The molecular formula is C30H22N4O3. The van der Waals surface area contributed by atoms with Gasteiger partial charge in [0.2, 0.25) is 5.88 Å². The SMILES string of the molecule is O=C(O)Oc1cn2cc(-c3cn(C(c4ccccc4)(c4ccccc4)c4ccccc4)cn3)ccc2n1. The maximum atomic E-state index is 10.9. The van der Waals surface area contributed by atoms with E-state index < -0.39 is 11.7 Å². The molecule has 0 fully saturated rings. The van der Waals surface area contributed by atoms with Crippen molar-refractivity contribution >= 4 is 11.8 Å². The lowest BCUT2D eigenvalue weighted by Crippen LogP contribution is -2.36. The van der Waals surface area contributed by atoms with Gasteiger partial charge in [0.25, 0.3) is 0 Å². The number of rotatable bonds is 6. The fourth-order valence-electron chi connectivity index (χ4n) is 4.90. The van der Waals surface area contributed by atoms with Crippen LogP contribution in [0.4, 0.5) is 4.79 Å². The molecule has 180 valence electrons. The van der Waals surface area contributed by atoms with Gasteiger partial charge in [-0.05, 0) is 28.8 Å². The van der Waals surface area contributed by atoms with Gasteiger partial charge in [-0.2, -0.15) is 4.98 Å². The van der Waals surface area contributed by atoms with Crippen LogP contribution in [0.5, 0.6) is 5.88 Å². The molecule has 3 aromatic carbocycles. The molecule has 0 saturated heterocycles. The van der Waals surface area contributed by atoms with Crippen molar-refractivity contribution in [1.82, 2.24) is 18.9 Å². The summed E-state index contributed by atoms with van der Waals surface area (Å²) >= 11 is 0. The van der Waals surface area contributed by atoms with E-state index in [-0.39, 0.29) is 5.88 Å². The van der Waals surface area contributed by atoms with Crippen molar-refractivity contribution in [1.29, 1.82) is 0 Å². The Morgan fingerprint density at radius 2 is 1.30 bits per heavy atom. The number of ether oxygens (including phenoxy) is 1.